The molecule has 0 aliphatic carbocycles. The van der Waals surface area contributed by atoms with E-state index in [-0.39, 0.29) is 47.7 Å². The number of benzene rings is 1. The van der Waals surface area contributed by atoms with Crippen molar-refractivity contribution in [3.63, 3.8) is 0 Å². The predicted octanol–water partition coefficient (Wildman–Crippen LogP) is 4.80. The number of imidazole rings is 1. The lowest BCUT2D eigenvalue weighted by atomic mass is 9.93. The monoisotopic (exact) mass is 785 g/mol. The minimum absolute atomic E-state index is 0.000407. The number of carbonyl (C=O) groups excluding carboxylic acids is 3. The number of esters is 1. The molecule has 296 valence electrons. The fourth-order valence-corrected chi connectivity index (χ4v) is 6.36. The van der Waals surface area contributed by atoms with Crippen LogP contribution in [0.1, 0.15) is 79.9 Å². The van der Waals surface area contributed by atoms with Gasteiger partial charge in [-0.2, -0.15) is 20.1 Å². The number of aromatic nitrogens is 8. The maximum Gasteiger partial charge on any atom is 0.425 e. The second kappa shape index (κ2) is 15.0. The molecule has 0 saturated carbocycles. The van der Waals surface area contributed by atoms with Crippen molar-refractivity contribution in [3.8, 4) is 0 Å². The molecule has 2 fully saturated rings. The molecule has 5 heterocycles. The third kappa shape index (κ3) is 8.55. The topological polar surface area (TPSA) is 217 Å². The predicted molar refractivity (Wildman–Crippen MR) is 192 cm³/mol. The average molecular weight is 786 g/mol. The average Bonchev–Trinajstić information content (AvgIpc) is 3.87. The van der Waals surface area contributed by atoms with Crippen LogP contribution in [0.4, 0.5) is 15.4 Å². The molecule has 3 aromatic heterocycles. The van der Waals surface area contributed by atoms with Gasteiger partial charge in [-0.1, -0.05) is 35.5 Å². The number of ether oxygens (including phenoxy) is 7. The van der Waals surface area contributed by atoms with E-state index in [1.165, 1.54) is 10.9 Å². The van der Waals surface area contributed by atoms with Crippen LogP contribution in [0, 0.1) is 0 Å². The first kappa shape index (κ1) is 39.9. The van der Waals surface area contributed by atoms with Gasteiger partial charge in [-0.05, 0) is 79.5 Å². The lowest BCUT2D eigenvalue weighted by Gasteiger charge is -2.31. The normalized spacial score (nSPS) is 21.9. The highest BCUT2D eigenvalue weighted by Gasteiger charge is 2.58. The molecule has 0 bridgehead atoms. The van der Waals surface area contributed by atoms with Crippen molar-refractivity contribution in [1.82, 2.24) is 40.1 Å². The molecule has 1 N–H and O–H groups in total. The van der Waals surface area contributed by atoms with Gasteiger partial charge in [-0.15, -0.1) is 10.2 Å². The summed E-state index contributed by atoms with van der Waals surface area (Å²) >= 11 is 6.46. The summed E-state index contributed by atoms with van der Waals surface area (Å²) < 4.78 is 43.9. The van der Waals surface area contributed by atoms with Crippen molar-refractivity contribution in [3.05, 3.63) is 53.3 Å². The van der Waals surface area contributed by atoms with Crippen LogP contribution in [0.15, 0.2) is 36.7 Å². The smallest absolute Gasteiger partial charge is 0.425 e. The molecule has 2 aliphatic rings. The fraction of sp³-hybridized carbons (Fsp3) is 0.571. The summed E-state index contributed by atoms with van der Waals surface area (Å²) in [6.45, 7) is 14.9. The van der Waals surface area contributed by atoms with E-state index in [0.29, 0.717) is 4.90 Å². The van der Waals surface area contributed by atoms with Crippen molar-refractivity contribution in [2.24, 2.45) is 0 Å². The number of tetrazole rings is 1. The Morgan fingerprint density at radius 2 is 1.64 bits per heavy atom. The molecule has 55 heavy (non-hydrogen) atoms. The van der Waals surface area contributed by atoms with Gasteiger partial charge in [0.25, 0.3) is 0 Å². The third-order valence-electron chi connectivity index (χ3n) is 8.24. The Bertz CT molecular complexity index is 1990. The van der Waals surface area contributed by atoms with E-state index < -0.39 is 65.3 Å². The van der Waals surface area contributed by atoms with Crippen LogP contribution in [-0.4, -0.2) is 107 Å². The van der Waals surface area contributed by atoms with E-state index in [9.17, 15) is 14.4 Å². The largest absolute Gasteiger partial charge is 0.463 e. The minimum Gasteiger partial charge on any atom is -0.463 e. The van der Waals surface area contributed by atoms with Crippen molar-refractivity contribution in [2.75, 3.05) is 18.1 Å². The van der Waals surface area contributed by atoms with Crippen LogP contribution in [0.2, 0.25) is 5.28 Å². The first-order valence-corrected chi connectivity index (χ1v) is 17.9. The molecule has 0 spiro atoms. The molecule has 2 saturated heterocycles. The standard InChI is InChI=1S/C35H44ClN9O10/c1-10-49-28(46)35(27-40-42-43-41-27,16-19-14-12-11-13-15-19)50-17-20-22-23(53-34(8,9)52-22)26(51-20)44-18-37-21-24(44)38-29(36)39-25(21)45(30(47)54-32(2,3)4)31(48)55-33(5,6)7/h11-15,18,20,22-23,26H,10,16-17H2,1-9H3,(H,40,41,42,43)/t20-,22-,23-,26-,35?/m1/s1. The lowest BCUT2D eigenvalue weighted by Crippen LogP contribution is -2.46. The second-order valence-electron chi connectivity index (χ2n) is 15.3. The summed E-state index contributed by atoms with van der Waals surface area (Å²) in [6, 6.07) is 9.19. The SMILES string of the molecule is CCOC(=O)C(Cc1ccccc1)(OC[C@H]1O[C@@H](n2cnc3c(N(C(=O)OC(C)(C)C)C(=O)OC(C)(C)C)nc(Cl)nc32)[C@@H]2OC(C)(C)O[C@@H]21)c1nn[nH]n1. The van der Waals surface area contributed by atoms with Crippen LogP contribution < -0.4 is 4.90 Å². The van der Waals surface area contributed by atoms with Gasteiger partial charge >= 0.3 is 18.2 Å². The number of fused-ring (bicyclic) bond motifs is 2. The first-order chi connectivity index (χ1) is 25.8. The van der Waals surface area contributed by atoms with Crippen molar-refractivity contribution >= 4 is 46.7 Å². The van der Waals surface area contributed by atoms with E-state index in [0.717, 1.165) is 5.56 Å². The number of imide groups is 1. The van der Waals surface area contributed by atoms with E-state index in [2.05, 4.69) is 35.6 Å². The lowest BCUT2D eigenvalue weighted by molar-refractivity contribution is -0.212. The van der Waals surface area contributed by atoms with Gasteiger partial charge in [-0.25, -0.2) is 19.4 Å². The second-order valence-corrected chi connectivity index (χ2v) is 15.7. The van der Waals surface area contributed by atoms with Crippen LogP contribution in [0.25, 0.3) is 11.2 Å². The van der Waals surface area contributed by atoms with Gasteiger partial charge in [-0.3, -0.25) is 4.57 Å². The summed E-state index contributed by atoms with van der Waals surface area (Å²) in [5, 5.41) is 14.0. The molecule has 20 heteroatoms. The summed E-state index contributed by atoms with van der Waals surface area (Å²) in [5.74, 6) is -2.11. The van der Waals surface area contributed by atoms with E-state index in [4.69, 9.17) is 44.8 Å². The quantitative estimate of drug-likeness (QED) is 0.130. The number of nitrogens with zero attached hydrogens (tertiary/aromatic N) is 8. The maximum absolute atomic E-state index is 13.8. The first-order valence-electron chi connectivity index (χ1n) is 17.6. The number of hydrogen-bond donors (Lipinski definition) is 1. The van der Waals surface area contributed by atoms with E-state index >= 15 is 0 Å². The zero-order valence-corrected chi connectivity index (χ0v) is 32.7. The molecule has 6 rings (SSSR count). The summed E-state index contributed by atoms with van der Waals surface area (Å²) in [5.41, 5.74) is -2.98. The highest BCUT2D eigenvalue weighted by atomic mass is 35.5. The Labute approximate surface area is 321 Å². The Morgan fingerprint density at radius 1 is 0.982 bits per heavy atom. The molecule has 2 amide bonds. The number of amides is 2. The number of aromatic amines is 1. The summed E-state index contributed by atoms with van der Waals surface area (Å²) in [6.07, 6.45) is -4.09. The van der Waals surface area contributed by atoms with Crippen molar-refractivity contribution < 1.29 is 47.5 Å². The van der Waals surface area contributed by atoms with Gasteiger partial charge in [0.2, 0.25) is 16.7 Å². The highest BCUT2D eigenvalue weighted by Crippen LogP contribution is 2.45. The van der Waals surface area contributed by atoms with Gasteiger partial charge < -0.3 is 33.2 Å². The molecular formula is C35H44ClN9O10. The number of carbonyl (C=O) groups is 3. The molecule has 1 unspecified atom stereocenters. The molecule has 4 aromatic rings. The summed E-state index contributed by atoms with van der Waals surface area (Å²) in [4.78, 5) is 54.6. The van der Waals surface area contributed by atoms with Gasteiger partial charge in [0, 0.05) is 6.42 Å². The Kier molecular flexibility index (Phi) is 10.9. The minimum atomic E-state index is -1.83. The Hall–Kier alpha value is -4.82. The summed E-state index contributed by atoms with van der Waals surface area (Å²) in [7, 11) is 0. The van der Waals surface area contributed by atoms with Gasteiger partial charge in [0.05, 0.1) is 19.5 Å². The van der Waals surface area contributed by atoms with Gasteiger partial charge in [0.15, 0.2) is 29.0 Å². The van der Waals surface area contributed by atoms with E-state index in [1.807, 2.05) is 30.3 Å². The van der Waals surface area contributed by atoms with Gasteiger partial charge in [0.1, 0.15) is 29.5 Å². The number of anilines is 1. The van der Waals surface area contributed by atoms with Crippen LogP contribution in [0.3, 0.4) is 0 Å². The number of halogens is 1. The Balaban J connectivity index is 1.37. The Morgan fingerprint density at radius 3 is 2.24 bits per heavy atom. The molecular weight excluding hydrogens is 742 g/mol. The maximum atomic E-state index is 13.8. The molecule has 5 atom stereocenters. The van der Waals surface area contributed by atoms with Crippen LogP contribution in [0.5, 0.6) is 0 Å². The number of rotatable bonds is 10. The third-order valence-corrected chi connectivity index (χ3v) is 8.41. The number of H-pyrrole nitrogens is 1. The highest BCUT2D eigenvalue weighted by molar-refractivity contribution is 6.29. The zero-order chi connectivity index (χ0) is 39.9. The van der Waals surface area contributed by atoms with Crippen molar-refractivity contribution in [1.29, 1.82) is 0 Å². The zero-order valence-electron chi connectivity index (χ0n) is 31.9. The fourth-order valence-electron chi connectivity index (χ4n) is 6.20. The number of nitrogens with one attached hydrogen (secondary N) is 1. The molecule has 19 nitrogen and oxygen atoms in total. The van der Waals surface area contributed by atoms with Crippen molar-refractivity contribution in [2.45, 2.75) is 116 Å². The van der Waals surface area contributed by atoms with E-state index in [1.54, 1.807) is 62.3 Å². The number of hydrogen-bond acceptors (Lipinski definition) is 16. The molecule has 0 radical (unpaired) electrons. The molecule has 2 aliphatic heterocycles. The van der Waals surface area contributed by atoms with Crippen LogP contribution >= 0.6 is 11.6 Å². The molecule has 1 aromatic carbocycles. The van der Waals surface area contributed by atoms with Crippen LogP contribution in [-0.2, 0) is 50.0 Å².